The molecule has 1 atom stereocenters. The molecule has 0 spiro atoms. The fourth-order valence-corrected chi connectivity index (χ4v) is 2.04. The maximum absolute atomic E-state index is 10.2. The lowest BCUT2D eigenvalue weighted by molar-refractivity contribution is 0.0697. The van der Waals surface area contributed by atoms with Gasteiger partial charge < -0.3 is 25.7 Å². The minimum Gasteiger partial charge on any atom is -0.508 e. The number of β-amino-alcohol motifs (C(OH)–C–C–N with tert-alkyl or cyclic N) is 1. The van der Waals surface area contributed by atoms with Gasteiger partial charge in [-0.1, -0.05) is 24.3 Å². The number of phenols is 1. The third kappa shape index (κ3) is 7.65. The maximum Gasteiger partial charge on any atom is 0.335 e. The summed E-state index contributed by atoms with van der Waals surface area (Å²) in [5, 5.41) is 40.0. The summed E-state index contributed by atoms with van der Waals surface area (Å²) in [4.78, 5) is 10.2. The topological polar surface area (TPSA) is 110 Å². The average Bonchev–Trinajstić information content (AvgIpc) is 2.60. The number of nitrogens with one attached hydrogen (secondary N) is 1. The van der Waals surface area contributed by atoms with Crippen molar-refractivity contribution in [3.8, 4) is 5.75 Å². The molecule has 0 saturated heterocycles. The first-order valence-corrected chi connectivity index (χ1v) is 8.28. The summed E-state index contributed by atoms with van der Waals surface area (Å²) in [6.07, 6.45) is -0.653. The third-order valence-corrected chi connectivity index (χ3v) is 3.51. The van der Waals surface area contributed by atoms with Crippen molar-refractivity contribution in [1.29, 1.82) is 0 Å². The van der Waals surface area contributed by atoms with Crippen LogP contribution in [0.3, 0.4) is 0 Å². The van der Waals surface area contributed by atoms with Gasteiger partial charge in [0.05, 0.1) is 18.3 Å². The molecule has 2 aromatic rings. The quantitative estimate of drug-likeness (QED) is 0.560. The predicted octanol–water partition coefficient (Wildman–Crippen LogP) is 2.69. The van der Waals surface area contributed by atoms with Crippen LogP contribution in [0.5, 0.6) is 5.75 Å². The zero-order chi connectivity index (χ0) is 19.7. The van der Waals surface area contributed by atoms with Crippen molar-refractivity contribution in [1.82, 2.24) is 5.32 Å². The van der Waals surface area contributed by atoms with Crippen LogP contribution in [0.15, 0.2) is 48.5 Å². The standard InChI is InChI=1S/C13H21NO3.C7H6O2/c1-13(2,3)14-7-12(17)9-4-5-11(16)10(6-9)8-15;8-7(9)6-4-2-1-3-5-6/h4-6,12,14-17H,7-8H2,1-3H3;1-5H,(H,8,9). The summed E-state index contributed by atoms with van der Waals surface area (Å²) < 4.78 is 0. The highest BCUT2D eigenvalue weighted by molar-refractivity contribution is 5.87. The lowest BCUT2D eigenvalue weighted by atomic mass is 10.0. The number of aliphatic hydroxyl groups excluding tert-OH is 2. The highest BCUT2D eigenvalue weighted by Gasteiger charge is 2.14. The van der Waals surface area contributed by atoms with Crippen LogP contribution in [-0.4, -0.2) is 38.5 Å². The van der Waals surface area contributed by atoms with Gasteiger partial charge in [0.15, 0.2) is 0 Å². The molecule has 26 heavy (non-hydrogen) atoms. The van der Waals surface area contributed by atoms with Crippen LogP contribution in [0.25, 0.3) is 0 Å². The Morgan fingerprint density at radius 3 is 2.19 bits per heavy atom. The molecule has 0 aliphatic rings. The lowest BCUT2D eigenvalue weighted by Gasteiger charge is -2.23. The van der Waals surface area contributed by atoms with Gasteiger partial charge in [0, 0.05) is 17.6 Å². The van der Waals surface area contributed by atoms with Gasteiger partial charge >= 0.3 is 5.97 Å². The van der Waals surface area contributed by atoms with E-state index < -0.39 is 12.1 Å². The first-order chi connectivity index (χ1) is 12.1. The van der Waals surface area contributed by atoms with Crippen molar-refractivity contribution >= 4 is 5.97 Å². The number of aromatic hydroxyl groups is 1. The lowest BCUT2D eigenvalue weighted by Crippen LogP contribution is -2.38. The summed E-state index contributed by atoms with van der Waals surface area (Å²) in [7, 11) is 0. The second-order valence-corrected chi connectivity index (χ2v) is 6.86. The van der Waals surface area contributed by atoms with Gasteiger partial charge in [0.25, 0.3) is 0 Å². The van der Waals surface area contributed by atoms with Crippen LogP contribution in [0.2, 0.25) is 0 Å². The van der Waals surface area contributed by atoms with Crippen molar-refractivity contribution in [2.75, 3.05) is 6.54 Å². The van der Waals surface area contributed by atoms with Gasteiger partial charge in [0.1, 0.15) is 5.75 Å². The van der Waals surface area contributed by atoms with Crippen molar-refractivity contribution in [3.63, 3.8) is 0 Å². The summed E-state index contributed by atoms with van der Waals surface area (Å²) in [6.45, 7) is 6.26. The minimum absolute atomic E-state index is 0.0484. The molecule has 1 unspecified atom stereocenters. The second-order valence-electron chi connectivity index (χ2n) is 6.86. The molecule has 0 heterocycles. The van der Waals surface area contributed by atoms with Crippen molar-refractivity contribution in [2.45, 2.75) is 39.0 Å². The van der Waals surface area contributed by atoms with E-state index in [1.54, 1.807) is 42.5 Å². The fraction of sp³-hybridized carbons (Fsp3) is 0.350. The molecule has 0 amide bonds. The van der Waals surface area contributed by atoms with Gasteiger partial charge in [-0.3, -0.25) is 0 Å². The van der Waals surface area contributed by atoms with Gasteiger partial charge in [-0.25, -0.2) is 4.79 Å². The molecule has 0 aliphatic heterocycles. The van der Waals surface area contributed by atoms with Gasteiger partial charge in [-0.05, 0) is 50.6 Å². The molecule has 0 saturated carbocycles. The molecule has 6 heteroatoms. The average molecular weight is 361 g/mol. The summed E-state index contributed by atoms with van der Waals surface area (Å²) in [5.41, 5.74) is 1.39. The van der Waals surface area contributed by atoms with Gasteiger partial charge in [-0.2, -0.15) is 0 Å². The molecular formula is C20H27NO5. The van der Waals surface area contributed by atoms with Crippen molar-refractivity contribution < 1.29 is 25.2 Å². The number of carboxylic acid groups (broad SMARTS) is 1. The molecule has 5 N–H and O–H groups in total. The van der Waals surface area contributed by atoms with E-state index in [-0.39, 0.29) is 17.9 Å². The normalized spacial score (nSPS) is 12.0. The van der Waals surface area contributed by atoms with Crippen LogP contribution in [0.4, 0.5) is 0 Å². The number of hydrogen-bond acceptors (Lipinski definition) is 5. The number of hydrogen-bond donors (Lipinski definition) is 5. The van der Waals surface area contributed by atoms with E-state index in [0.717, 1.165) is 0 Å². The van der Waals surface area contributed by atoms with Gasteiger partial charge in [0.2, 0.25) is 0 Å². The molecular weight excluding hydrogens is 334 g/mol. The van der Waals surface area contributed by atoms with E-state index in [9.17, 15) is 15.0 Å². The molecule has 0 fully saturated rings. The third-order valence-electron chi connectivity index (χ3n) is 3.51. The summed E-state index contributed by atoms with van der Waals surface area (Å²) in [5.74, 6) is -0.831. The maximum atomic E-state index is 10.2. The van der Waals surface area contributed by atoms with Crippen LogP contribution < -0.4 is 5.32 Å². The van der Waals surface area contributed by atoms with E-state index in [1.165, 1.54) is 6.07 Å². The van der Waals surface area contributed by atoms with E-state index in [2.05, 4.69) is 5.32 Å². The zero-order valence-corrected chi connectivity index (χ0v) is 15.3. The first kappa shape index (κ1) is 21.6. The number of benzene rings is 2. The Morgan fingerprint density at radius 2 is 1.73 bits per heavy atom. The van der Waals surface area contributed by atoms with E-state index in [4.69, 9.17) is 10.2 Å². The fourth-order valence-electron chi connectivity index (χ4n) is 2.04. The summed E-state index contributed by atoms with van der Waals surface area (Å²) in [6, 6.07) is 13.1. The first-order valence-electron chi connectivity index (χ1n) is 8.28. The highest BCUT2D eigenvalue weighted by atomic mass is 16.4. The van der Waals surface area contributed by atoms with Crippen LogP contribution in [0.1, 0.15) is 48.4 Å². The number of aliphatic hydroxyl groups is 2. The molecule has 0 radical (unpaired) electrons. The monoisotopic (exact) mass is 361 g/mol. The van der Waals surface area contributed by atoms with E-state index in [0.29, 0.717) is 23.2 Å². The smallest absolute Gasteiger partial charge is 0.335 e. The zero-order valence-electron chi connectivity index (χ0n) is 15.3. The Hall–Kier alpha value is -2.41. The molecule has 2 aromatic carbocycles. The van der Waals surface area contributed by atoms with E-state index in [1.807, 2.05) is 20.8 Å². The molecule has 142 valence electrons. The van der Waals surface area contributed by atoms with Crippen LogP contribution in [0, 0.1) is 0 Å². The second kappa shape index (κ2) is 9.91. The Balaban J connectivity index is 0.000000314. The number of rotatable bonds is 5. The Bertz CT molecular complexity index is 695. The number of carbonyl (C=O) groups is 1. The SMILES string of the molecule is CC(C)(C)NCC(O)c1ccc(O)c(CO)c1.O=C(O)c1ccccc1. The molecule has 0 aliphatic carbocycles. The Labute approximate surface area is 153 Å². The van der Waals surface area contributed by atoms with Crippen LogP contribution >= 0.6 is 0 Å². The Morgan fingerprint density at radius 1 is 1.12 bits per heavy atom. The predicted molar refractivity (Wildman–Crippen MR) is 100 cm³/mol. The molecule has 0 bridgehead atoms. The van der Waals surface area contributed by atoms with Crippen LogP contribution in [-0.2, 0) is 6.61 Å². The van der Waals surface area contributed by atoms with Crippen molar-refractivity contribution in [2.24, 2.45) is 0 Å². The number of carboxylic acids is 1. The Kier molecular flexibility index (Phi) is 8.25. The summed E-state index contributed by atoms with van der Waals surface area (Å²) >= 11 is 0. The molecule has 2 rings (SSSR count). The van der Waals surface area contributed by atoms with E-state index >= 15 is 0 Å². The van der Waals surface area contributed by atoms with Crippen molar-refractivity contribution in [3.05, 3.63) is 65.2 Å². The minimum atomic E-state index is -0.879. The highest BCUT2D eigenvalue weighted by Crippen LogP contribution is 2.22. The largest absolute Gasteiger partial charge is 0.508 e. The molecule has 0 aromatic heterocycles. The molecule has 6 nitrogen and oxygen atoms in total. The number of aromatic carboxylic acids is 1. The van der Waals surface area contributed by atoms with Gasteiger partial charge in [-0.15, -0.1) is 0 Å².